The van der Waals surface area contributed by atoms with Crippen molar-refractivity contribution in [3.8, 4) is 0 Å². The third-order valence-electron chi connectivity index (χ3n) is 5.60. The number of carbonyl (C=O) groups is 3. The quantitative estimate of drug-likeness (QED) is 0.609. The van der Waals surface area contributed by atoms with Gasteiger partial charge in [0, 0.05) is 44.0 Å². The summed E-state index contributed by atoms with van der Waals surface area (Å²) in [6.45, 7) is 10.5. The highest BCUT2D eigenvalue weighted by atomic mass is 16.5. The van der Waals surface area contributed by atoms with Gasteiger partial charge >= 0.3 is 5.97 Å². The second-order valence-electron chi connectivity index (χ2n) is 7.99. The largest absolute Gasteiger partial charge is 0.466 e. The van der Waals surface area contributed by atoms with Crippen LogP contribution < -0.4 is 4.90 Å². The molecular formula is C23H35N3O4. The molecule has 0 saturated carbocycles. The molecule has 2 rings (SSSR count). The predicted octanol–water partition coefficient (Wildman–Crippen LogP) is 2.80. The zero-order valence-corrected chi connectivity index (χ0v) is 18.9. The van der Waals surface area contributed by atoms with E-state index in [1.807, 2.05) is 24.3 Å². The number of amides is 2. The zero-order chi connectivity index (χ0) is 22.3. The summed E-state index contributed by atoms with van der Waals surface area (Å²) in [6, 6.07) is 7.91. The van der Waals surface area contributed by atoms with E-state index in [1.165, 1.54) is 4.90 Å². The number of rotatable bonds is 8. The summed E-state index contributed by atoms with van der Waals surface area (Å²) in [7, 11) is 1.64. The van der Waals surface area contributed by atoms with Crippen LogP contribution in [0.15, 0.2) is 24.3 Å². The number of piperidine rings is 1. The van der Waals surface area contributed by atoms with Crippen molar-refractivity contribution in [3.05, 3.63) is 29.8 Å². The second kappa shape index (κ2) is 11.0. The fraction of sp³-hybridized carbons (Fsp3) is 0.609. The summed E-state index contributed by atoms with van der Waals surface area (Å²) in [5.74, 6) is -0.592. The van der Waals surface area contributed by atoms with Crippen molar-refractivity contribution in [1.82, 2.24) is 9.80 Å². The Labute approximate surface area is 180 Å². The maximum Gasteiger partial charge on any atom is 0.309 e. The fourth-order valence-electron chi connectivity index (χ4n) is 3.86. The van der Waals surface area contributed by atoms with E-state index in [2.05, 4.69) is 25.7 Å². The average molecular weight is 418 g/mol. The minimum absolute atomic E-state index is 0.0255. The summed E-state index contributed by atoms with van der Waals surface area (Å²) in [6.07, 6.45) is 1.21. The summed E-state index contributed by atoms with van der Waals surface area (Å²) in [5.41, 5.74) is 1.64. The van der Waals surface area contributed by atoms with Gasteiger partial charge in [0.15, 0.2) is 0 Å². The van der Waals surface area contributed by atoms with Crippen LogP contribution in [0.25, 0.3) is 0 Å². The molecule has 2 amide bonds. The molecule has 0 N–H and O–H groups in total. The Morgan fingerprint density at radius 2 is 1.70 bits per heavy atom. The summed E-state index contributed by atoms with van der Waals surface area (Å²) in [5, 5.41) is 0. The van der Waals surface area contributed by atoms with Gasteiger partial charge in [-0.1, -0.05) is 0 Å². The van der Waals surface area contributed by atoms with Gasteiger partial charge in [-0.3, -0.25) is 14.4 Å². The van der Waals surface area contributed by atoms with Crippen LogP contribution in [-0.2, 0) is 14.3 Å². The van der Waals surface area contributed by atoms with Crippen LogP contribution in [0.1, 0.15) is 50.9 Å². The smallest absolute Gasteiger partial charge is 0.309 e. The Kier molecular flexibility index (Phi) is 8.69. The van der Waals surface area contributed by atoms with Gasteiger partial charge in [0.1, 0.15) is 0 Å². The van der Waals surface area contributed by atoms with Crippen molar-refractivity contribution >= 4 is 23.5 Å². The SMILES string of the molecule is CCOC(=O)C1CCN(C(=O)CN(C)C(=O)c2ccc(N(CC)C(C)C)cc2)CC1. The van der Waals surface area contributed by atoms with E-state index in [4.69, 9.17) is 4.74 Å². The summed E-state index contributed by atoms with van der Waals surface area (Å²) in [4.78, 5) is 42.6. The lowest BCUT2D eigenvalue weighted by atomic mass is 9.97. The van der Waals surface area contributed by atoms with E-state index in [0.717, 1.165) is 12.2 Å². The monoisotopic (exact) mass is 417 g/mol. The predicted molar refractivity (Wildman–Crippen MR) is 117 cm³/mol. The number of ether oxygens (including phenoxy) is 1. The van der Waals surface area contributed by atoms with Crippen molar-refractivity contribution in [2.45, 2.75) is 46.6 Å². The maximum atomic E-state index is 12.7. The Balaban J connectivity index is 1.89. The van der Waals surface area contributed by atoms with Crippen LogP contribution >= 0.6 is 0 Å². The molecule has 0 aromatic heterocycles. The van der Waals surface area contributed by atoms with Crippen LogP contribution in [0.2, 0.25) is 0 Å². The molecule has 7 heteroatoms. The van der Waals surface area contributed by atoms with Gasteiger partial charge in [-0.05, 0) is 64.8 Å². The van der Waals surface area contributed by atoms with E-state index in [9.17, 15) is 14.4 Å². The Morgan fingerprint density at radius 3 is 2.20 bits per heavy atom. The fourth-order valence-corrected chi connectivity index (χ4v) is 3.86. The van der Waals surface area contributed by atoms with Crippen LogP contribution in [0.5, 0.6) is 0 Å². The number of carbonyl (C=O) groups excluding carboxylic acids is 3. The number of anilines is 1. The highest BCUT2D eigenvalue weighted by molar-refractivity contribution is 5.96. The summed E-state index contributed by atoms with van der Waals surface area (Å²) >= 11 is 0. The van der Waals surface area contributed by atoms with Crippen molar-refractivity contribution in [1.29, 1.82) is 0 Å². The minimum Gasteiger partial charge on any atom is -0.466 e. The van der Waals surface area contributed by atoms with E-state index in [0.29, 0.717) is 44.1 Å². The third-order valence-corrected chi connectivity index (χ3v) is 5.60. The highest BCUT2D eigenvalue weighted by Gasteiger charge is 2.29. The Morgan fingerprint density at radius 1 is 1.10 bits per heavy atom. The van der Waals surface area contributed by atoms with Gasteiger partial charge < -0.3 is 19.4 Å². The van der Waals surface area contributed by atoms with Crippen LogP contribution in [-0.4, -0.2) is 73.5 Å². The van der Waals surface area contributed by atoms with Crippen LogP contribution in [0.4, 0.5) is 5.69 Å². The number of likely N-dealkylation sites (tertiary alicyclic amines) is 1. The molecule has 1 fully saturated rings. The number of likely N-dealkylation sites (N-methyl/N-ethyl adjacent to an activating group) is 1. The molecule has 0 unspecified atom stereocenters. The van der Waals surface area contributed by atoms with Crippen LogP contribution in [0.3, 0.4) is 0 Å². The average Bonchev–Trinajstić information content (AvgIpc) is 2.74. The normalized spacial score (nSPS) is 14.5. The van der Waals surface area contributed by atoms with Gasteiger partial charge in [-0.25, -0.2) is 0 Å². The first-order valence-electron chi connectivity index (χ1n) is 10.8. The number of hydrogen-bond acceptors (Lipinski definition) is 5. The molecule has 0 atom stereocenters. The van der Waals surface area contributed by atoms with Gasteiger partial charge in [0.2, 0.25) is 5.91 Å². The summed E-state index contributed by atoms with van der Waals surface area (Å²) < 4.78 is 5.07. The molecule has 1 aromatic carbocycles. The lowest BCUT2D eigenvalue weighted by Crippen LogP contribution is -2.45. The first-order valence-corrected chi connectivity index (χ1v) is 10.8. The molecule has 1 saturated heterocycles. The molecule has 30 heavy (non-hydrogen) atoms. The minimum atomic E-state index is -0.181. The first kappa shape index (κ1) is 23.7. The Hall–Kier alpha value is -2.57. The van der Waals surface area contributed by atoms with Crippen LogP contribution in [0, 0.1) is 5.92 Å². The van der Waals surface area contributed by atoms with Gasteiger partial charge in [0.05, 0.1) is 19.1 Å². The van der Waals surface area contributed by atoms with Crippen molar-refractivity contribution < 1.29 is 19.1 Å². The third kappa shape index (κ3) is 5.97. The standard InChI is InChI=1S/C23H35N3O4/c1-6-26(17(3)4)20-10-8-18(9-11-20)22(28)24(5)16-21(27)25-14-12-19(13-15-25)23(29)30-7-2/h8-11,17,19H,6-7,12-16H2,1-5H3. The zero-order valence-electron chi connectivity index (χ0n) is 18.9. The molecular weight excluding hydrogens is 382 g/mol. The van der Waals surface area contributed by atoms with Crippen molar-refractivity contribution in [3.63, 3.8) is 0 Å². The molecule has 0 radical (unpaired) electrons. The number of nitrogens with zero attached hydrogens (tertiary/aromatic N) is 3. The number of benzene rings is 1. The lowest BCUT2D eigenvalue weighted by Gasteiger charge is -2.32. The Bertz CT molecular complexity index is 724. The number of hydrogen-bond donors (Lipinski definition) is 0. The molecule has 0 spiro atoms. The first-order chi connectivity index (χ1) is 14.3. The molecule has 0 aliphatic carbocycles. The molecule has 0 bridgehead atoms. The maximum absolute atomic E-state index is 12.7. The van der Waals surface area contributed by atoms with Gasteiger partial charge in [-0.15, -0.1) is 0 Å². The molecule has 7 nitrogen and oxygen atoms in total. The molecule has 1 heterocycles. The van der Waals surface area contributed by atoms with E-state index in [1.54, 1.807) is 18.9 Å². The van der Waals surface area contributed by atoms with Crippen molar-refractivity contribution in [2.75, 3.05) is 44.7 Å². The van der Waals surface area contributed by atoms with E-state index in [-0.39, 0.29) is 30.2 Å². The topological polar surface area (TPSA) is 70.2 Å². The highest BCUT2D eigenvalue weighted by Crippen LogP contribution is 2.20. The molecule has 166 valence electrons. The van der Waals surface area contributed by atoms with Gasteiger partial charge in [0.25, 0.3) is 5.91 Å². The molecule has 1 aliphatic rings. The second-order valence-corrected chi connectivity index (χ2v) is 7.99. The van der Waals surface area contributed by atoms with Crippen molar-refractivity contribution in [2.24, 2.45) is 5.92 Å². The van der Waals surface area contributed by atoms with E-state index < -0.39 is 0 Å². The van der Waals surface area contributed by atoms with Gasteiger partial charge in [-0.2, -0.15) is 0 Å². The molecule has 1 aromatic rings. The lowest BCUT2D eigenvalue weighted by molar-refractivity contribution is -0.151. The van der Waals surface area contributed by atoms with E-state index >= 15 is 0 Å². The molecule has 1 aliphatic heterocycles. The number of esters is 1.